The lowest BCUT2D eigenvalue weighted by atomic mass is 10.2. The maximum atomic E-state index is 11.5. The molecule has 94 valence electrons. The van der Waals surface area contributed by atoms with E-state index in [0.717, 1.165) is 10.4 Å². The van der Waals surface area contributed by atoms with Crippen molar-refractivity contribution in [2.45, 2.75) is 13.2 Å². The van der Waals surface area contributed by atoms with Gasteiger partial charge >= 0.3 is 6.09 Å². The van der Waals surface area contributed by atoms with Crippen LogP contribution in [0.15, 0.2) is 41.8 Å². The first-order chi connectivity index (χ1) is 8.75. The van der Waals surface area contributed by atoms with Crippen molar-refractivity contribution in [2.24, 2.45) is 0 Å². The van der Waals surface area contributed by atoms with Crippen LogP contribution in [-0.2, 0) is 17.9 Å². The predicted molar refractivity (Wildman–Crippen MR) is 72.8 cm³/mol. The second-order valence-corrected chi connectivity index (χ2v) is 5.01. The van der Waals surface area contributed by atoms with Crippen molar-refractivity contribution < 1.29 is 9.53 Å². The smallest absolute Gasteiger partial charge is 0.407 e. The van der Waals surface area contributed by atoms with Crippen LogP contribution in [0.1, 0.15) is 10.4 Å². The molecule has 0 aliphatic carbocycles. The van der Waals surface area contributed by atoms with Gasteiger partial charge in [-0.3, -0.25) is 0 Å². The summed E-state index contributed by atoms with van der Waals surface area (Å²) >= 11 is 7.42. The SMILES string of the molecule is O=C(NCc1sccc1Cl)OCc1ccccc1. The number of hydrogen-bond donors (Lipinski definition) is 1. The summed E-state index contributed by atoms with van der Waals surface area (Å²) < 4.78 is 5.08. The molecular formula is C13H12ClNO2S. The average molecular weight is 282 g/mol. The van der Waals surface area contributed by atoms with Crippen molar-refractivity contribution in [3.8, 4) is 0 Å². The van der Waals surface area contributed by atoms with Gasteiger partial charge in [0.05, 0.1) is 11.6 Å². The molecular weight excluding hydrogens is 270 g/mol. The third kappa shape index (κ3) is 3.75. The lowest BCUT2D eigenvalue weighted by Gasteiger charge is -2.06. The Balaban J connectivity index is 1.75. The molecule has 1 aromatic carbocycles. The Kier molecular flexibility index (Phi) is 4.61. The zero-order valence-corrected chi connectivity index (χ0v) is 11.1. The number of nitrogens with one attached hydrogen (secondary N) is 1. The van der Waals surface area contributed by atoms with Crippen LogP contribution in [0.5, 0.6) is 0 Å². The Labute approximate surface area is 114 Å². The molecule has 0 saturated carbocycles. The molecule has 0 saturated heterocycles. The molecule has 0 atom stereocenters. The molecule has 0 unspecified atom stereocenters. The molecule has 0 fully saturated rings. The van der Waals surface area contributed by atoms with E-state index < -0.39 is 6.09 Å². The van der Waals surface area contributed by atoms with Crippen LogP contribution in [0.2, 0.25) is 5.02 Å². The van der Waals surface area contributed by atoms with Crippen LogP contribution >= 0.6 is 22.9 Å². The van der Waals surface area contributed by atoms with Crippen LogP contribution in [0.3, 0.4) is 0 Å². The van der Waals surface area contributed by atoms with Gasteiger partial charge in [0.2, 0.25) is 0 Å². The molecule has 2 rings (SSSR count). The van der Waals surface area contributed by atoms with E-state index >= 15 is 0 Å². The number of carbonyl (C=O) groups is 1. The highest BCUT2D eigenvalue weighted by molar-refractivity contribution is 7.10. The fourth-order valence-corrected chi connectivity index (χ4v) is 2.42. The molecule has 1 amide bonds. The van der Waals surface area contributed by atoms with Gasteiger partial charge in [0.1, 0.15) is 6.61 Å². The van der Waals surface area contributed by atoms with Gasteiger partial charge < -0.3 is 10.1 Å². The Morgan fingerprint density at radius 3 is 2.72 bits per heavy atom. The predicted octanol–water partition coefficient (Wildman–Crippen LogP) is 3.83. The van der Waals surface area contributed by atoms with Gasteiger partial charge in [-0.25, -0.2) is 4.79 Å². The summed E-state index contributed by atoms with van der Waals surface area (Å²) in [5.74, 6) is 0. The van der Waals surface area contributed by atoms with Crippen LogP contribution in [0.4, 0.5) is 4.79 Å². The molecule has 0 aliphatic rings. The second kappa shape index (κ2) is 6.42. The minimum atomic E-state index is -0.441. The fourth-order valence-electron chi connectivity index (χ4n) is 1.38. The van der Waals surface area contributed by atoms with Crippen molar-refractivity contribution in [3.05, 3.63) is 57.2 Å². The maximum absolute atomic E-state index is 11.5. The molecule has 0 spiro atoms. The molecule has 3 nitrogen and oxygen atoms in total. The van der Waals surface area contributed by atoms with Crippen molar-refractivity contribution in [3.63, 3.8) is 0 Å². The summed E-state index contributed by atoms with van der Waals surface area (Å²) in [5.41, 5.74) is 0.960. The summed E-state index contributed by atoms with van der Waals surface area (Å²) in [6.45, 7) is 0.662. The summed E-state index contributed by atoms with van der Waals surface area (Å²) in [7, 11) is 0. The van der Waals surface area contributed by atoms with Crippen LogP contribution in [0.25, 0.3) is 0 Å². The highest BCUT2D eigenvalue weighted by atomic mass is 35.5. The molecule has 2 aromatic rings. The Morgan fingerprint density at radius 2 is 2.06 bits per heavy atom. The average Bonchev–Trinajstić information content (AvgIpc) is 2.81. The minimum Gasteiger partial charge on any atom is -0.445 e. The second-order valence-electron chi connectivity index (χ2n) is 3.61. The minimum absolute atomic E-state index is 0.269. The molecule has 0 radical (unpaired) electrons. The maximum Gasteiger partial charge on any atom is 0.407 e. The Morgan fingerprint density at radius 1 is 1.28 bits per heavy atom. The van der Waals surface area contributed by atoms with Gasteiger partial charge in [-0.05, 0) is 17.0 Å². The van der Waals surface area contributed by atoms with Gasteiger partial charge in [0, 0.05) is 4.88 Å². The standard InChI is InChI=1S/C13H12ClNO2S/c14-11-6-7-18-12(11)8-15-13(16)17-9-10-4-2-1-3-5-10/h1-7H,8-9H2,(H,15,16). The van der Waals surface area contributed by atoms with Crippen molar-refractivity contribution in [1.29, 1.82) is 0 Å². The fraction of sp³-hybridized carbons (Fsp3) is 0.154. The molecule has 1 heterocycles. The monoisotopic (exact) mass is 281 g/mol. The number of hydrogen-bond acceptors (Lipinski definition) is 3. The van der Waals surface area contributed by atoms with Gasteiger partial charge in [-0.2, -0.15) is 0 Å². The number of halogens is 1. The summed E-state index contributed by atoms with van der Waals surface area (Å²) in [4.78, 5) is 12.4. The lowest BCUT2D eigenvalue weighted by molar-refractivity contribution is 0.139. The highest BCUT2D eigenvalue weighted by Gasteiger charge is 2.05. The number of rotatable bonds is 4. The Bertz CT molecular complexity index is 513. The van der Waals surface area contributed by atoms with Crippen LogP contribution in [0, 0.1) is 0 Å². The molecule has 0 bridgehead atoms. The zero-order valence-electron chi connectivity index (χ0n) is 9.56. The van der Waals surface area contributed by atoms with Gasteiger partial charge in [-0.15, -0.1) is 11.3 Å². The van der Waals surface area contributed by atoms with E-state index in [9.17, 15) is 4.79 Å². The number of ether oxygens (including phenoxy) is 1. The first kappa shape index (κ1) is 12.9. The van der Waals surface area contributed by atoms with Gasteiger partial charge in [0.25, 0.3) is 0 Å². The van der Waals surface area contributed by atoms with E-state index in [1.165, 1.54) is 11.3 Å². The van der Waals surface area contributed by atoms with Crippen molar-refractivity contribution >= 4 is 29.0 Å². The van der Waals surface area contributed by atoms with Crippen LogP contribution in [-0.4, -0.2) is 6.09 Å². The van der Waals surface area contributed by atoms with Crippen molar-refractivity contribution in [2.75, 3.05) is 0 Å². The number of carbonyl (C=O) groups excluding carboxylic acids is 1. The van der Waals surface area contributed by atoms with E-state index in [0.29, 0.717) is 11.6 Å². The first-order valence-corrected chi connectivity index (χ1v) is 6.68. The topological polar surface area (TPSA) is 38.3 Å². The largest absolute Gasteiger partial charge is 0.445 e. The number of amides is 1. The molecule has 18 heavy (non-hydrogen) atoms. The van der Waals surface area contributed by atoms with E-state index in [4.69, 9.17) is 16.3 Å². The highest BCUT2D eigenvalue weighted by Crippen LogP contribution is 2.21. The number of alkyl carbamates (subject to hydrolysis) is 1. The van der Waals surface area contributed by atoms with E-state index in [2.05, 4.69) is 5.32 Å². The summed E-state index contributed by atoms with van der Waals surface area (Å²) in [6.07, 6.45) is -0.441. The third-order valence-corrected chi connectivity index (χ3v) is 3.68. The van der Waals surface area contributed by atoms with E-state index in [-0.39, 0.29) is 6.61 Å². The lowest BCUT2D eigenvalue weighted by Crippen LogP contribution is -2.23. The quantitative estimate of drug-likeness (QED) is 0.925. The normalized spacial score (nSPS) is 10.1. The van der Waals surface area contributed by atoms with E-state index in [1.807, 2.05) is 35.7 Å². The van der Waals surface area contributed by atoms with Crippen molar-refractivity contribution in [1.82, 2.24) is 5.32 Å². The summed E-state index contributed by atoms with van der Waals surface area (Å²) in [6, 6.07) is 11.3. The molecule has 0 aliphatic heterocycles. The zero-order chi connectivity index (χ0) is 12.8. The van der Waals surface area contributed by atoms with E-state index in [1.54, 1.807) is 6.07 Å². The third-order valence-electron chi connectivity index (χ3n) is 2.30. The number of thiophene rings is 1. The van der Waals surface area contributed by atoms with Gasteiger partial charge in [0.15, 0.2) is 0 Å². The first-order valence-electron chi connectivity index (χ1n) is 5.42. The number of benzene rings is 1. The van der Waals surface area contributed by atoms with Crippen LogP contribution < -0.4 is 5.32 Å². The van der Waals surface area contributed by atoms with Gasteiger partial charge in [-0.1, -0.05) is 41.9 Å². The molecule has 1 N–H and O–H groups in total. The summed E-state index contributed by atoms with van der Waals surface area (Å²) in [5, 5.41) is 5.21. The molecule has 1 aromatic heterocycles. The Hall–Kier alpha value is -1.52. The molecule has 5 heteroatoms.